The van der Waals surface area contributed by atoms with Crippen LogP contribution in [0.3, 0.4) is 0 Å². The smallest absolute Gasteiger partial charge is 0.265 e. The molecule has 4 rings (SSSR count). The molecule has 0 spiro atoms. The summed E-state index contributed by atoms with van der Waals surface area (Å²) in [5, 5.41) is 3.99. The highest BCUT2D eigenvalue weighted by molar-refractivity contribution is 7.93. The van der Waals surface area contributed by atoms with Crippen LogP contribution in [0.1, 0.15) is 32.0 Å². The summed E-state index contributed by atoms with van der Waals surface area (Å²) >= 11 is 6.78. The Balaban J connectivity index is 1.63. The van der Waals surface area contributed by atoms with Gasteiger partial charge >= 0.3 is 0 Å². The summed E-state index contributed by atoms with van der Waals surface area (Å²) in [5.41, 5.74) is 0.534. The first-order chi connectivity index (χ1) is 15.8. The molecule has 1 N–H and O–H groups in total. The second-order valence-electron chi connectivity index (χ2n) is 5.99. The van der Waals surface area contributed by atoms with Crippen LogP contribution in [-0.4, -0.2) is 26.1 Å². The number of benzene rings is 1. The number of aryl methyl sites for hydroxylation is 2. The first-order valence-electron chi connectivity index (χ1n) is 10.5. The summed E-state index contributed by atoms with van der Waals surface area (Å²) in [7, 11) is -4.68. The fourth-order valence-corrected chi connectivity index (χ4v) is 5.11. The van der Waals surface area contributed by atoms with Crippen LogP contribution in [0.5, 0.6) is 11.5 Å². The quantitative estimate of drug-likeness (QED) is 0.555. The average Bonchev–Trinajstić information content (AvgIpc) is 3.44. The molecule has 3 aromatic rings. The van der Waals surface area contributed by atoms with E-state index in [2.05, 4.69) is 5.16 Å². The molecular weight excluding hydrogens is 440 g/mol. The largest absolute Gasteiger partial charge is 0.454 e. The van der Waals surface area contributed by atoms with Crippen LogP contribution in [0, 0.1) is 13.8 Å². The lowest BCUT2D eigenvalue weighted by molar-refractivity contribution is 0.0994. The minimum atomic E-state index is -4.68. The Kier molecular flexibility index (Phi) is 3.66. The highest BCUT2D eigenvalue weighted by Crippen LogP contribution is 2.36. The summed E-state index contributed by atoms with van der Waals surface area (Å²) in [6.07, 6.45) is -0.182. The van der Waals surface area contributed by atoms with E-state index in [4.69, 9.17) is 32.5 Å². The molecule has 2 aromatic heterocycles. The predicted octanol–water partition coefficient (Wildman–Crippen LogP) is 3.96. The number of hydrogen-bond donors (Lipinski definition) is 1. The summed E-state index contributed by atoms with van der Waals surface area (Å²) in [4.78, 5) is 12.4. The molecule has 29 heavy (non-hydrogen) atoms. The van der Waals surface area contributed by atoms with Crippen LogP contribution >= 0.6 is 22.9 Å². The van der Waals surface area contributed by atoms with Gasteiger partial charge in [-0.2, -0.15) is 0 Å². The summed E-state index contributed by atoms with van der Waals surface area (Å²) < 4.78 is 78.8. The molecule has 1 unspecified atom stereocenters. The van der Waals surface area contributed by atoms with Crippen molar-refractivity contribution in [3.8, 4) is 11.5 Å². The molecule has 1 atom stereocenters. The van der Waals surface area contributed by atoms with Crippen molar-refractivity contribution >= 4 is 44.6 Å². The van der Waals surface area contributed by atoms with E-state index in [1.54, 1.807) is 19.1 Å². The van der Waals surface area contributed by atoms with E-state index in [0.29, 0.717) is 22.6 Å². The number of carbonyl (C=O) groups excluding carboxylic acids is 1. The maximum absolute atomic E-state index is 13.1. The van der Waals surface area contributed by atoms with E-state index in [1.165, 1.54) is 5.38 Å². The van der Waals surface area contributed by atoms with Gasteiger partial charge in [-0.05, 0) is 48.5 Å². The van der Waals surface area contributed by atoms with E-state index in [1.807, 2.05) is 0 Å². The standard InChI is InChI=1S/C18H15ClN2O6S2/c1-9-5-13-14(26-8-25-13)7-11(9)6-12(22)17-15(3-4-28-17)29(23,24)21-18-16(19)10(2)20-27-18/h3-5,7,21H,6,8H2,1-2H3/i2D3,8D/hD. The van der Waals surface area contributed by atoms with Crippen molar-refractivity contribution in [2.24, 2.45) is 0 Å². The van der Waals surface area contributed by atoms with Gasteiger partial charge in [0.2, 0.25) is 6.77 Å². The molecule has 1 aliphatic rings. The van der Waals surface area contributed by atoms with Crippen molar-refractivity contribution < 1.29 is 34.1 Å². The van der Waals surface area contributed by atoms with Crippen molar-refractivity contribution in [3.63, 3.8) is 0 Å². The highest BCUT2D eigenvalue weighted by atomic mass is 35.5. The van der Waals surface area contributed by atoms with Gasteiger partial charge in [0.15, 0.2) is 18.7 Å². The number of nitrogens with zero attached hydrogens (tertiary/aromatic N) is 1. The number of rotatable bonds is 6. The summed E-state index contributed by atoms with van der Waals surface area (Å²) in [6.45, 7) is -2.25. The summed E-state index contributed by atoms with van der Waals surface area (Å²) in [5.74, 6) is -0.680. The molecule has 0 saturated heterocycles. The molecule has 1 aliphatic heterocycles. The van der Waals surface area contributed by atoms with Crippen molar-refractivity contribution in [2.75, 3.05) is 11.5 Å². The topological polar surface area (TPSA) is 108 Å². The first-order valence-corrected chi connectivity index (χ1v) is 10.7. The van der Waals surface area contributed by atoms with Gasteiger partial charge in [0.25, 0.3) is 15.9 Å². The van der Waals surface area contributed by atoms with E-state index < -0.39 is 50.9 Å². The Morgan fingerprint density at radius 2 is 2.21 bits per heavy atom. The predicted molar refractivity (Wildman–Crippen MR) is 107 cm³/mol. The molecule has 11 heteroatoms. The molecule has 3 heterocycles. The normalized spacial score (nSPS) is 18.4. The monoisotopic (exact) mass is 459 g/mol. The third kappa shape index (κ3) is 3.70. The Labute approximate surface area is 182 Å². The Morgan fingerprint density at radius 1 is 1.45 bits per heavy atom. The number of nitrogens with one attached hydrogen (secondary N) is 1. The van der Waals surface area contributed by atoms with Crippen LogP contribution in [0.25, 0.3) is 0 Å². The zero-order valence-corrected chi connectivity index (χ0v) is 17.0. The van der Waals surface area contributed by atoms with Crippen LogP contribution in [0.2, 0.25) is 6.43 Å². The van der Waals surface area contributed by atoms with Gasteiger partial charge in [-0.25, -0.2) is 13.1 Å². The SMILES string of the molecule is [2H]C1Oc2cc(C)c(CC(=O)c3sccc3S(=O)(=O)N([2H])c3onc(C([2H])([2H])[2H])c3Cl)cc2O1. The number of Topliss-reactive ketones (excluding diaryl/α,β-unsaturated/α-hetero) is 1. The third-order valence-corrected chi connectivity index (χ3v) is 6.81. The molecule has 8 nitrogen and oxygen atoms in total. The van der Waals surface area contributed by atoms with Gasteiger partial charge in [-0.1, -0.05) is 16.8 Å². The Morgan fingerprint density at radius 3 is 2.93 bits per heavy atom. The average molecular weight is 460 g/mol. The number of anilines is 1. The van der Waals surface area contributed by atoms with E-state index in [0.717, 1.165) is 17.4 Å². The molecule has 0 radical (unpaired) electrons. The number of halogens is 1. The molecule has 0 amide bonds. The van der Waals surface area contributed by atoms with Crippen LogP contribution in [-0.2, 0) is 16.4 Å². The van der Waals surface area contributed by atoms with Gasteiger partial charge in [0.05, 0.1) is 4.88 Å². The zero-order chi connectivity index (χ0) is 25.0. The van der Waals surface area contributed by atoms with Crippen LogP contribution in [0.15, 0.2) is 33.0 Å². The van der Waals surface area contributed by atoms with Crippen molar-refractivity contribution in [1.29, 1.82) is 0 Å². The number of thiophene rings is 1. The number of sulfonamides is 1. The molecule has 0 fully saturated rings. The van der Waals surface area contributed by atoms with Gasteiger partial charge in [-0.3, -0.25) is 4.79 Å². The maximum atomic E-state index is 13.1. The second-order valence-corrected chi connectivity index (χ2v) is 8.85. The minimum Gasteiger partial charge on any atom is -0.454 e. The van der Waals surface area contributed by atoms with Gasteiger partial charge in [0.1, 0.15) is 17.0 Å². The number of carbonyl (C=O) groups is 1. The molecular formula is C18H15ClN2O6S2. The van der Waals surface area contributed by atoms with Crippen LogP contribution < -0.4 is 14.2 Å². The van der Waals surface area contributed by atoms with Crippen molar-refractivity contribution in [2.45, 2.75) is 25.1 Å². The third-order valence-electron chi connectivity index (χ3n) is 4.09. The van der Waals surface area contributed by atoms with Gasteiger partial charge < -0.3 is 14.0 Å². The minimum absolute atomic E-state index is 0.101. The first kappa shape index (κ1) is 14.4. The number of hydrogen-bond acceptors (Lipinski definition) is 8. The van der Waals surface area contributed by atoms with Gasteiger partial charge in [-0.15, -0.1) is 11.3 Å². The lowest BCUT2D eigenvalue weighted by Gasteiger charge is -2.09. The number of fused-ring (bicyclic) bond motifs is 1. The maximum Gasteiger partial charge on any atom is 0.265 e. The van der Waals surface area contributed by atoms with Gasteiger partial charge in [0, 0.05) is 10.5 Å². The molecule has 152 valence electrons. The van der Waals surface area contributed by atoms with Crippen LogP contribution in [0.4, 0.5) is 5.88 Å². The van der Waals surface area contributed by atoms with E-state index in [-0.39, 0.29) is 16.0 Å². The number of aromatic nitrogens is 1. The van der Waals surface area contributed by atoms with E-state index >= 15 is 0 Å². The van der Waals surface area contributed by atoms with E-state index in [9.17, 15) is 13.2 Å². The zero-order valence-electron chi connectivity index (χ0n) is 19.6. The van der Waals surface area contributed by atoms with Crippen molar-refractivity contribution in [3.05, 3.63) is 50.3 Å². The number of ether oxygens (including phenoxy) is 2. The Hall–Kier alpha value is -2.56. The van der Waals surface area contributed by atoms with Crippen molar-refractivity contribution in [1.82, 2.24) is 5.16 Å². The second kappa shape index (κ2) is 7.36. The number of ketones is 1. The highest BCUT2D eigenvalue weighted by Gasteiger charge is 2.27. The lowest BCUT2D eigenvalue weighted by Crippen LogP contribution is -2.16. The molecule has 1 aromatic carbocycles. The fourth-order valence-electron chi connectivity index (χ4n) is 2.65. The Bertz CT molecular complexity index is 1390. The molecule has 0 bridgehead atoms. The summed E-state index contributed by atoms with van der Waals surface area (Å²) in [6, 6.07) is 4.33. The molecule has 0 saturated carbocycles. The lowest BCUT2D eigenvalue weighted by atomic mass is 10.0. The fraction of sp³-hybridized carbons (Fsp3) is 0.222. The molecule has 0 aliphatic carbocycles.